The Morgan fingerprint density at radius 2 is 1.67 bits per heavy atom. The summed E-state index contributed by atoms with van der Waals surface area (Å²) in [6.45, 7) is 10.2. The molecule has 4 saturated carbocycles. The van der Waals surface area contributed by atoms with Crippen LogP contribution >= 0.6 is 0 Å². The Morgan fingerprint density at radius 1 is 1.00 bits per heavy atom. The van der Waals surface area contributed by atoms with Gasteiger partial charge in [0.25, 0.3) is 0 Å². The van der Waals surface area contributed by atoms with Crippen LogP contribution in [0.3, 0.4) is 0 Å². The van der Waals surface area contributed by atoms with Gasteiger partial charge in [-0.15, -0.1) is 0 Å². The number of carbonyl (C=O) groups is 2. The van der Waals surface area contributed by atoms with Crippen molar-refractivity contribution in [3.8, 4) is 0 Å². The number of H-pyrrole nitrogens is 1. The average Bonchev–Trinajstić information content (AvgIpc) is 3.59. The molecule has 6 fully saturated rings. The third-order valence-corrected chi connectivity index (χ3v) is 12.2. The van der Waals surface area contributed by atoms with Gasteiger partial charge in [0.15, 0.2) is 23.6 Å². The van der Waals surface area contributed by atoms with Crippen LogP contribution in [0, 0.1) is 16.7 Å². The Morgan fingerprint density at radius 3 is 2.28 bits per heavy atom. The van der Waals surface area contributed by atoms with Gasteiger partial charge < -0.3 is 44.7 Å². The molecule has 1 aromatic heterocycles. The number of hydrogen-bond donors (Lipinski definition) is 6. The van der Waals surface area contributed by atoms with E-state index in [4.69, 9.17) is 14.2 Å². The molecule has 6 N–H and O–H groups in total. The van der Waals surface area contributed by atoms with E-state index in [1.165, 1.54) is 38.2 Å². The molecule has 3 heterocycles. The molecule has 10 atom stereocenters. The van der Waals surface area contributed by atoms with Crippen molar-refractivity contribution in [1.82, 2.24) is 4.98 Å². The topological polar surface area (TPSA) is 179 Å². The van der Waals surface area contributed by atoms with E-state index in [1.807, 2.05) is 0 Å². The van der Waals surface area contributed by atoms with Crippen LogP contribution in [0.5, 0.6) is 0 Å². The molecule has 230 valence electrons. The number of aromatic amines is 1. The first-order valence-corrected chi connectivity index (χ1v) is 14.6. The quantitative estimate of drug-likeness (QED) is 0.220. The maximum Gasteiger partial charge on any atom is 0.355 e. The molecule has 6 bridgehead atoms. The van der Waals surface area contributed by atoms with Gasteiger partial charge in [-0.2, -0.15) is 0 Å². The third-order valence-electron chi connectivity index (χ3n) is 12.2. The lowest BCUT2D eigenvalue weighted by atomic mass is 9.52. The van der Waals surface area contributed by atoms with Crippen molar-refractivity contribution in [2.45, 2.75) is 93.0 Å². The highest BCUT2D eigenvalue weighted by molar-refractivity contribution is 5.90. The number of hydrogen-bond acceptors (Lipinski definition) is 10. The molecule has 11 heteroatoms. The number of aromatic nitrogens is 1. The average molecular weight is 596 g/mol. The first kappa shape index (κ1) is 28.7. The largest absolute Gasteiger partial charge is 0.451 e. The number of aliphatic hydroxyl groups is 5. The number of benzene rings is 1. The Bertz CT molecular complexity index is 1560. The second kappa shape index (κ2) is 7.96. The normalized spacial score (nSPS) is 48.9. The second-order valence-corrected chi connectivity index (χ2v) is 13.8. The standard InChI is InChI=1S/C32H37NO10/c1-17(2)29(38)24(42-23(35)20-12-9-15-33-20)30(39)25(4)16-28(37)26(29,5)32(30,40)31(43-28)21(18(3)13-14-27(25,31)36)41-22(34)19-10-7-6-8-11-19/h6-12,15,17,21,24,33,36-40H,3,13-14,16H2,1-2,4-5H3. The van der Waals surface area contributed by atoms with E-state index in [-0.39, 0.29) is 29.7 Å². The van der Waals surface area contributed by atoms with Gasteiger partial charge in [0.2, 0.25) is 0 Å². The van der Waals surface area contributed by atoms with Crippen LogP contribution in [0.4, 0.5) is 0 Å². The first-order chi connectivity index (χ1) is 20.0. The summed E-state index contributed by atoms with van der Waals surface area (Å²) in [5.41, 5.74) is -15.8. The minimum atomic E-state index is -2.74. The van der Waals surface area contributed by atoms with Crippen LogP contribution < -0.4 is 0 Å². The van der Waals surface area contributed by atoms with Crippen LogP contribution in [-0.4, -0.2) is 88.5 Å². The molecule has 43 heavy (non-hydrogen) atoms. The highest BCUT2D eigenvalue weighted by Crippen LogP contribution is 2.90. The molecule has 2 aromatic rings. The molecular formula is C32H37NO10. The third kappa shape index (κ3) is 2.49. The Kier molecular flexibility index (Phi) is 5.31. The summed E-state index contributed by atoms with van der Waals surface area (Å²) in [6, 6.07) is 11.1. The Hall–Kier alpha value is -3.06. The zero-order valence-electron chi connectivity index (χ0n) is 24.5. The highest BCUT2D eigenvalue weighted by atomic mass is 16.7. The maximum absolute atomic E-state index is 13.5. The van der Waals surface area contributed by atoms with Crippen LogP contribution in [0.15, 0.2) is 60.8 Å². The van der Waals surface area contributed by atoms with Crippen LogP contribution in [0.25, 0.3) is 0 Å². The molecule has 1 spiro atoms. The van der Waals surface area contributed by atoms with E-state index in [0.717, 1.165) is 0 Å². The Balaban J connectivity index is 1.50. The predicted molar refractivity (Wildman–Crippen MR) is 148 cm³/mol. The van der Waals surface area contributed by atoms with Crippen molar-refractivity contribution in [1.29, 1.82) is 0 Å². The molecule has 0 radical (unpaired) electrons. The van der Waals surface area contributed by atoms with Gasteiger partial charge in [0.05, 0.1) is 11.0 Å². The zero-order chi connectivity index (χ0) is 31.2. The monoisotopic (exact) mass is 595 g/mol. The van der Waals surface area contributed by atoms with Crippen molar-refractivity contribution in [2.24, 2.45) is 16.7 Å². The number of esters is 2. The minimum Gasteiger partial charge on any atom is -0.451 e. The summed E-state index contributed by atoms with van der Waals surface area (Å²) < 4.78 is 18.4. The molecular weight excluding hydrogens is 558 g/mol. The van der Waals surface area contributed by atoms with Crippen molar-refractivity contribution < 1.29 is 49.3 Å². The van der Waals surface area contributed by atoms with Gasteiger partial charge >= 0.3 is 11.9 Å². The van der Waals surface area contributed by atoms with E-state index in [2.05, 4.69) is 11.6 Å². The van der Waals surface area contributed by atoms with Crippen molar-refractivity contribution in [2.75, 3.05) is 0 Å². The lowest BCUT2D eigenvalue weighted by molar-refractivity contribution is -0.382. The molecule has 10 unspecified atom stereocenters. The van der Waals surface area contributed by atoms with E-state index < -0.39 is 81.1 Å². The lowest BCUT2D eigenvalue weighted by Gasteiger charge is -2.60. The molecule has 0 amide bonds. The van der Waals surface area contributed by atoms with Crippen molar-refractivity contribution in [3.63, 3.8) is 0 Å². The molecule has 8 rings (SSSR count). The Labute approximate surface area is 248 Å². The summed E-state index contributed by atoms with van der Waals surface area (Å²) in [4.78, 5) is 29.7. The summed E-state index contributed by atoms with van der Waals surface area (Å²) in [5.74, 6) is -4.94. The minimum absolute atomic E-state index is 0.0308. The molecule has 2 saturated heterocycles. The highest BCUT2D eigenvalue weighted by Gasteiger charge is 3.10. The van der Waals surface area contributed by atoms with Gasteiger partial charge in [-0.1, -0.05) is 45.5 Å². The van der Waals surface area contributed by atoms with Crippen molar-refractivity contribution >= 4 is 11.9 Å². The van der Waals surface area contributed by atoms with Gasteiger partial charge in [-0.3, -0.25) is 0 Å². The number of ether oxygens (including phenoxy) is 3. The van der Waals surface area contributed by atoms with Crippen LogP contribution in [-0.2, 0) is 14.2 Å². The van der Waals surface area contributed by atoms with E-state index in [0.29, 0.717) is 0 Å². The maximum atomic E-state index is 13.5. The fourth-order valence-corrected chi connectivity index (χ4v) is 10.2. The van der Waals surface area contributed by atoms with E-state index in [1.54, 1.807) is 38.1 Å². The lowest BCUT2D eigenvalue weighted by Crippen LogP contribution is -2.74. The fourth-order valence-electron chi connectivity index (χ4n) is 10.2. The molecule has 11 nitrogen and oxygen atoms in total. The van der Waals surface area contributed by atoms with Crippen LogP contribution in [0.1, 0.15) is 67.8 Å². The smallest absolute Gasteiger partial charge is 0.355 e. The van der Waals surface area contributed by atoms with Crippen molar-refractivity contribution in [3.05, 3.63) is 72.1 Å². The molecule has 1 aromatic carbocycles. The summed E-state index contributed by atoms with van der Waals surface area (Å²) >= 11 is 0. The zero-order valence-corrected chi connectivity index (χ0v) is 24.5. The van der Waals surface area contributed by atoms with E-state index in [9.17, 15) is 35.1 Å². The first-order valence-electron chi connectivity index (χ1n) is 14.6. The van der Waals surface area contributed by atoms with Gasteiger partial charge in [-0.25, -0.2) is 9.59 Å². The van der Waals surface area contributed by atoms with Gasteiger partial charge in [0.1, 0.15) is 28.1 Å². The predicted octanol–water partition coefficient (Wildman–Crippen LogP) is 1.60. The fraction of sp³-hybridized carbons (Fsp3) is 0.562. The van der Waals surface area contributed by atoms with E-state index >= 15 is 0 Å². The number of carbonyl (C=O) groups excluding carboxylic acids is 2. The second-order valence-electron chi connectivity index (χ2n) is 13.8. The number of nitrogens with one attached hydrogen (secondary N) is 1. The molecule has 2 aliphatic heterocycles. The van der Waals surface area contributed by atoms with Gasteiger partial charge in [0, 0.05) is 18.0 Å². The summed E-state index contributed by atoms with van der Waals surface area (Å²) in [7, 11) is 0. The van der Waals surface area contributed by atoms with Gasteiger partial charge in [-0.05, 0) is 55.5 Å². The number of rotatable bonds is 5. The summed E-state index contributed by atoms with van der Waals surface area (Å²) in [5, 5.41) is 64.5. The molecule has 4 aliphatic carbocycles. The summed E-state index contributed by atoms with van der Waals surface area (Å²) in [6.07, 6.45) is -2.31. The van der Waals surface area contributed by atoms with Crippen LogP contribution in [0.2, 0.25) is 0 Å². The SMILES string of the molecule is C=C1CCC2(O)C3(C)CC4(O)OC2(C1OC(=O)c1ccccc1)C1(O)C3(O)C(OC(=O)c2ccc[nH]2)C(O)(C(C)C)C41C. The molecule has 6 aliphatic rings.